The fourth-order valence-corrected chi connectivity index (χ4v) is 1.08. The summed E-state index contributed by atoms with van der Waals surface area (Å²) in [6.45, 7) is 3.81. The first-order valence-corrected chi connectivity index (χ1v) is 4.58. The van der Waals surface area contributed by atoms with Crippen molar-refractivity contribution in [1.29, 1.82) is 0 Å². The Bertz CT molecular complexity index is 210. The summed E-state index contributed by atoms with van der Waals surface area (Å²) < 4.78 is 4.56. The zero-order chi connectivity index (χ0) is 11.1. The van der Waals surface area contributed by atoms with Gasteiger partial charge in [-0.15, -0.1) is 12.4 Å². The van der Waals surface area contributed by atoms with Crippen LogP contribution < -0.4 is 11.1 Å². The zero-order valence-corrected chi connectivity index (χ0v) is 10.1. The largest absolute Gasteiger partial charge is 0.467 e. The van der Waals surface area contributed by atoms with Crippen LogP contribution in [0, 0.1) is 5.92 Å². The summed E-state index contributed by atoms with van der Waals surface area (Å²) in [5, 5.41) is 2.51. The maximum absolute atomic E-state index is 11.2. The van der Waals surface area contributed by atoms with E-state index in [0.717, 1.165) is 0 Å². The molecule has 0 saturated heterocycles. The van der Waals surface area contributed by atoms with Crippen LogP contribution in [0.15, 0.2) is 0 Å². The Kier molecular flexibility index (Phi) is 9.41. The highest BCUT2D eigenvalue weighted by molar-refractivity contribution is 5.85. The van der Waals surface area contributed by atoms with Gasteiger partial charge in [0, 0.05) is 0 Å². The Balaban J connectivity index is 0. The number of rotatable bonds is 5. The highest BCUT2D eigenvalue weighted by Crippen LogP contribution is 2.05. The summed E-state index contributed by atoms with van der Waals surface area (Å²) in [6.07, 6.45) is 0.554. The van der Waals surface area contributed by atoms with E-state index in [-0.39, 0.29) is 24.9 Å². The molecule has 0 aromatic rings. The average Bonchev–Trinajstić information content (AvgIpc) is 2.14. The van der Waals surface area contributed by atoms with Gasteiger partial charge in [-0.25, -0.2) is 4.79 Å². The van der Waals surface area contributed by atoms with Crippen LogP contribution in [0.25, 0.3) is 0 Å². The Morgan fingerprint density at radius 3 is 2.27 bits per heavy atom. The van der Waals surface area contributed by atoms with Crippen LogP contribution in [-0.4, -0.2) is 31.6 Å². The van der Waals surface area contributed by atoms with Crippen molar-refractivity contribution in [2.75, 3.05) is 13.7 Å². The number of nitrogens with two attached hydrogens (primary N) is 1. The van der Waals surface area contributed by atoms with Gasteiger partial charge in [-0.05, 0) is 12.3 Å². The minimum atomic E-state index is -0.587. The van der Waals surface area contributed by atoms with Crippen molar-refractivity contribution in [2.24, 2.45) is 11.7 Å². The van der Waals surface area contributed by atoms with E-state index in [2.05, 4.69) is 10.1 Å². The van der Waals surface area contributed by atoms with Gasteiger partial charge in [0.15, 0.2) is 0 Å². The van der Waals surface area contributed by atoms with Gasteiger partial charge in [0.25, 0.3) is 0 Å². The second kappa shape index (κ2) is 8.49. The van der Waals surface area contributed by atoms with Crippen molar-refractivity contribution in [3.8, 4) is 0 Å². The van der Waals surface area contributed by atoms with Gasteiger partial charge >= 0.3 is 5.97 Å². The summed E-state index contributed by atoms with van der Waals surface area (Å²) in [6, 6.07) is -0.587. The predicted molar refractivity (Wildman–Crippen MR) is 59.7 cm³/mol. The van der Waals surface area contributed by atoms with Crippen LogP contribution in [0.5, 0.6) is 0 Å². The van der Waals surface area contributed by atoms with E-state index in [4.69, 9.17) is 5.73 Å². The molecule has 1 atom stereocenters. The van der Waals surface area contributed by atoms with E-state index < -0.39 is 12.0 Å². The summed E-state index contributed by atoms with van der Waals surface area (Å²) >= 11 is 0. The first-order valence-electron chi connectivity index (χ1n) is 4.58. The van der Waals surface area contributed by atoms with Crippen molar-refractivity contribution >= 4 is 24.3 Å². The molecule has 3 N–H and O–H groups in total. The number of carbonyl (C=O) groups excluding carboxylic acids is 2. The lowest BCUT2D eigenvalue weighted by Gasteiger charge is -2.17. The van der Waals surface area contributed by atoms with Gasteiger partial charge in [0.05, 0.1) is 13.7 Å². The number of halogens is 1. The molecule has 0 heterocycles. The topological polar surface area (TPSA) is 81.4 Å². The number of methoxy groups -OCH3 is 1. The maximum atomic E-state index is 11.2. The minimum absolute atomic E-state index is 0. The second-order valence-electron chi connectivity index (χ2n) is 3.48. The normalized spacial score (nSPS) is 11.5. The van der Waals surface area contributed by atoms with Crippen molar-refractivity contribution in [2.45, 2.75) is 26.3 Å². The molecule has 0 radical (unpaired) electrons. The first kappa shape index (κ1) is 16.6. The number of hydrogen-bond acceptors (Lipinski definition) is 4. The number of esters is 1. The maximum Gasteiger partial charge on any atom is 0.328 e. The van der Waals surface area contributed by atoms with Gasteiger partial charge in [0.1, 0.15) is 6.04 Å². The SMILES string of the molecule is COC(=O)[C@H](CC(C)C)NC(=O)CN.Cl. The van der Waals surface area contributed by atoms with E-state index in [0.29, 0.717) is 12.3 Å². The number of carbonyl (C=O) groups is 2. The molecule has 0 aliphatic carbocycles. The molecular weight excluding hydrogens is 220 g/mol. The lowest BCUT2D eigenvalue weighted by Crippen LogP contribution is -2.44. The van der Waals surface area contributed by atoms with Crippen LogP contribution >= 0.6 is 12.4 Å². The van der Waals surface area contributed by atoms with E-state index in [1.54, 1.807) is 0 Å². The molecule has 0 aliphatic heterocycles. The Morgan fingerprint density at radius 2 is 1.93 bits per heavy atom. The third-order valence-corrected chi connectivity index (χ3v) is 1.71. The summed E-state index contributed by atoms with van der Waals surface area (Å²) in [5.74, 6) is -0.473. The average molecular weight is 239 g/mol. The zero-order valence-electron chi connectivity index (χ0n) is 9.28. The fraction of sp³-hybridized carbons (Fsp3) is 0.778. The van der Waals surface area contributed by atoms with Gasteiger partial charge in [0.2, 0.25) is 5.91 Å². The second-order valence-corrected chi connectivity index (χ2v) is 3.48. The van der Waals surface area contributed by atoms with Crippen LogP contribution in [0.4, 0.5) is 0 Å². The monoisotopic (exact) mass is 238 g/mol. The lowest BCUT2D eigenvalue weighted by molar-refractivity contribution is -0.145. The molecule has 15 heavy (non-hydrogen) atoms. The van der Waals surface area contributed by atoms with Gasteiger partial charge < -0.3 is 15.8 Å². The van der Waals surface area contributed by atoms with Crippen molar-refractivity contribution < 1.29 is 14.3 Å². The van der Waals surface area contributed by atoms with Gasteiger partial charge in [-0.2, -0.15) is 0 Å². The molecule has 0 bridgehead atoms. The molecule has 0 aromatic heterocycles. The predicted octanol–water partition coefficient (Wildman–Crippen LogP) is 0.0708. The molecule has 5 nitrogen and oxygen atoms in total. The van der Waals surface area contributed by atoms with Crippen LogP contribution in [-0.2, 0) is 14.3 Å². The Labute approximate surface area is 96.1 Å². The van der Waals surface area contributed by atoms with E-state index in [1.165, 1.54) is 7.11 Å². The molecule has 0 aromatic carbocycles. The van der Waals surface area contributed by atoms with Crippen molar-refractivity contribution in [3.05, 3.63) is 0 Å². The molecule has 6 heteroatoms. The number of amides is 1. The highest BCUT2D eigenvalue weighted by Gasteiger charge is 2.21. The fourth-order valence-electron chi connectivity index (χ4n) is 1.08. The molecule has 0 unspecified atom stereocenters. The molecule has 0 fully saturated rings. The van der Waals surface area contributed by atoms with Crippen LogP contribution in [0.3, 0.4) is 0 Å². The van der Waals surface area contributed by atoms with Crippen LogP contribution in [0.2, 0.25) is 0 Å². The molecular formula is C9H19ClN2O3. The van der Waals surface area contributed by atoms with Crippen LogP contribution in [0.1, 0.15) is 20.3 Å². The summed E-state index contributed by atoms with van der Waals surface area (Å²) in [4.78, 5) is 22.2. The van der Waals surface area contributed by atoms with Gasteiger partial charge in [-0.3, -0.25) is 4.79 Å². The van der Waals surface area contributed by atoms with E-state index in [1.807, 2.05) is 13.8 Å². The smallest absolute Gasteiger partial charge is 0.328 e. The Morgan fingerprint density at radius 1 is 1.40 bits per heavy atom. The Hall–Kier alpha value is -0.810. The van der Waals surface area contributed by atoms with Gasteiger partial charge in [-0.1, -0.05) is 13.8 Å². The summed E-state index contributed by atoms with van der Waals surface area (Å²) in [7, 11) is 1.30. The molecule has 1 amide bonds. The number of ether oxygens (including phenoxy) is 1. The highest BCUT2D eigenvalue weighted by atomic mass is 35.5. The molecule has 0 aliphatic rings. The summed E-state index contributed by atoms with van der Waals surface area (Å²) in [5.41, 5.74) is 5.13. The minimum Gasteiger partial charge on any atom is -0.467 e. The van der Waals surface area contributed by atoms with Crippen molar-refractivity contribution in [1.82, 2.24) is 5.32 Å². The first-order chi connectivity index (χ1) is 6.51. The molecule has 0 saturated carbocycles. The van der Waals surface area contributed by atoms with Crippen molar-refractivity contribution in [3.63, 3.8) is 0 Å². The molecule has 0 spiro atoms. The number of nitrogens with one attached hydrogen (secondary N) is 1. The lowest BCUT2D eigenvalue weighted by atomic mass is 10.0. The molecule has 0 rings (SSSR count). The quantitative estimate of drug-likeness (QED) is 0.665. The molecule has 90 valence electrons. The van der Waals surface area contributed by atoms with E-state index in [9.17, 15) is 9.59 Å². The number of hydrogen-bond donors (Lipinski definition) is 2. The standard InChI is InChI=1S/C9H18N2O3.ClH/c1-6(2)4-7(9(13)14-3)11-8(12)5-10;/h6-7H,4-5,10H2,1-3H3,(H,11,12);1H/t7-;/m0./s1. The third-order valence-electron chi connectivity index (χ3n) is 1.71. The third kappa shape index (κ3) is 7.16. The van der Waals surface area contributed by atoms with E-state index >= 15 is 0 Å².